The standard InChI is InChI=1S/C21H21N3O4/c1-2-3-12-28-21(27)15-8-10-17(11-9-15)23-19(25)14-24-20(26)18-7-5-4-6-16(18)13-22-24/h4-11,13H,2-3,12,14H2,1H3,(H,23,25). The first kappa shape index (κ1) is 19.3. The molecule has 28 heavy (non-hydrogen) atoms. The lowest BCUT2D eigenvalue weighted by molar-refractivity contribution is -0.117. The number of rotatable bonds is 7. The maximum absolute atomic E-state index is 12.4. The molecule has 0 unspecified atom stereocenters. The van der Waals surface area contributed by atoms with Gasteiger partial charge in [0.25, 0.3) is 5.56 Å². The van der Waals surface area contributed by atoms with Gasteiger partial charge in [0.15, 0.2) is 0 Å². The quantitative estimate of drug-likeness (QED) is 0.503. The number of nitrogens with zero attached hydrogens (tertiary/aromatic N) is 2. The molecule has 1 heterocycles. The van der Waals surface area contributed by atoms with Gasteiger partial charge in [-0.05, 0) is 36.8 Å². The summed E-state index contributed by atoms with van der Waals surface area (Å²) < 4.78 is 6.27. The van der Waals surface area contributed by atoms with Crippen molar-refractivity contribution in [1.82, 2.24) is 9.78 Å². The van der Waals surface area contributed by atoms with Crippen LogP contribution in [-0.2, 0) is 16.1 Å². The van der Waals surface area contributed by atoms with E-state index in [1.165, 1.54) is 0 Å². The minimum atomic E-state index is -0.391. The third kappa shape index (κ3) is 4.62. The number of hydrogen-bond acceptors (Lipinski definition) is 5. The van der Waals surface area contributed by atoms with Crippen LogP contribution in [-0.4, -0.2) is 28.3 Å². The number of anilines is 1. The first-order chi connectivity index (χ1) is 13.6. The van der Waals surface area contributed by atoms with Gasteiger partial charge in [-0.25, -0.2) is 9.48 Å². The molecule has 0 radical (unpaired) electrons. The van der Waals surface area contributed by atoms with Crippen molar-refractivity contribution in [3.8, 4) is 0 Å². The van der Waals surface area contributed by atoms with Crippen molar-refractivity contribution in [3.05, 3.63) is 70.6 Å². The van der Waals surface area contributed by atoms with E-state index in [1.807, 2.05) is 13.0 Å². The maximum Gasteiger partial charge on any atom is 0.338 e. The molecular formula is C21H21N3O4. The first-order valence-corrected chi connectivity index (χ1v) is 9.10. The van der Waals surface area contributed by atoms with Gasteiger partial charge >= 0.3 is 5.97 Å². The molecule has 3 aromatic rings. The molecule has 0 atom stereocenters. The SMILES string of the molecule is CCCCOC(=O)c1ccc(NC(=O)Cn2ncc3ccccc3c2=O)cc1. The van der Waals surface area contributed by atoms with Gasteiger partial charge in [0.05, 0.1) is 23.8 Å². The number of aromatic nitrogens is 2. The van der Waals surface area contributed by atoms with Crippen molar-refractivity contribution in [1.29, 1.82) is 0 Å². The second kappa shape index (κ2) is 8.94. The van der Waals surface area contributed by atoms with E-state index in [0.717, 1.165) is 22.9 Å². The molecule has 0 aliphatic carbocycles. The van der Waals surface area contributed by atoms with Gasteiger partial charge in [-0.1, -0.05) is 31.5 Å². The Hall–Kier alpha value is -3.48. The summed E-state index contributed by atoms with van der Waals surface area (Å²) >= 11 is 0. The van der Waals surface area contributed by atoms with Crippen molar-refractivity contribution >= 4 is 28.3 Å². The summed E-state index contributed by atoms with van der Waals surface area (Å²) in [4.78, 5) is 36.6. The lowest BCUT2D eigenvalue weighted by Crippen LogP contribution is -2.29. The Morgan fingerprint density at radius 3 is 2.61 bits per heavy atom. The van der Waals surface area contributed by atoms with Crippen LogP contribution in [0.5, 0.6) is 0 Å². The van der Waals surface area contributed by atoms with Gasteiger partial charge in [-0.15, -0.1) is 0 Å². The molecule has 3 rings (SSSR count). The maximum atomic E-state index is 12.4. The molecule has 0 aliphatic heterocycles. The van der Waals surface area contributed by atoms with Crippen molar-refractivity contribution in [3.63, 3.8) is 0 Å². The van der Waals surface area contributed by atoms with Gasteiger partial charge in [-0.2, -0.15) is 5.10 Å². The second-order valence-corrected chi connectivity index (χ2v) is 6.31. The van der Waals surface area contributed by atoms with Gasteiger partial charge in [-0.3, -0.25) is 9.59 Å². The number of carbonyl (C=O) groups is 2. The van der Waals surface area contributed by atoms with E-state index in [9.17, 15) is 14.4 Å². The number of ether oxygens (including phenoxy) is 1. The smallest absolute Gasteiger partial charge is 0.338 e. The molecule has 1 N–H and O–H groups in total. The molecule has 1 amide bonds. The average molecular weight is 379 g/mol. The van der Waals surface area contributed by atoms with Crippen LogP contribution >= 0.6 is 0 Å². The number of amides is 1. The lowest BCUT2D eigenvalue weighted by Gasteiger charge is -2.08. The zero-order chi connectivity index (χ0) is 19.9. The van der Waals surface area contributed by atoms with E-state index >= 15 is 0 Å². The fourth-order valence-electron chi connectivity index (χ4n) is 2.66. The van der Waals surface area contributed by atoms with Crippen LogP contribution in [0, 0.1) is 0 Å². The second-order valence-electron chi connectivity index (χ2n) is 6.31. The van der Waals surface area contributed by atoms with Crippen LogP contribution in [0.3, 0.4) is 0 Å². The van der Waals surface area contributed by atoms with Crippen LogP contribution in [0.2, 0.25) is 0 Å². The minimum absolute atomic E-state index is 0.204. The minimum Gasteiger partial charge on any atom is -0.462 e. The highest BCUT2D eigenvalue weighted by atomic mass is 16.5. The fraction of sp³-hybridized carbons (Fsp3) is 0.238. The van der Waals surface area contributed by atoms with Crippen LogP contribution < -0.4 is 10.9 Å². The molecule has 2 aromatic carbocycles. The molecule has 0 fully saturated rings. The molecule has 0 bridgehead atoms. The van der Waals surface area contributed by atoms with Crippen LogP contribution in [0.4, 0.5) is 5.69 Å². The Morgan fingerprint density at radius 1 is 1.11 bits per heavy atom. The Labute approximate surface area is 161 Å². The van der Waals surface area contributed by atoms with Crippen molar-refractivity contribution < 1.29 is 14.3 Å². The zero-order valence-corrected chi connectivity index (χ0v) is 15.6. The third-order valence-electron chi connectivity index (χ3n) is 4.19. The molecular weight excluding hydrogens is 358 g/mol. The Balaban J connectivity index is 1.63. The number of carbonyl (C=O) groups excluding carboxylic acids is 2. The Bertz CT molecular complexity index is 1040. The molecule has 7 nitrogen and oxygen atoms in total. The van der Waals surface area contributed by atoms with E-state index in [0.29, 0.717) is 23.2 Å². The van der Waals surface area contributed by atoms with Gasteiger partial charge < -0.3 is 10.1 Å². The number of nitrogens with one attached hydrogen (secondary N) is 1. The summed E-state index contributed by atoms with van der Waals surface area (Å²) in [5, 5.41) is 7.97. The number of benzene rings is 2. The van der Waals surface area contributed by atoms with Crippen molar-refractivity contribution in [2.45, 2.75) is 26.3 Å². The Morgan fingerprint density at radius 2 is 1.86 bits per heavy atom. The number of fused-ring (bicyclic) bond motifs is 1. The Kier molecular flexibility index (Phi) is 6.16. The van der Waals surface area contributed by atoms with Crippen LogP contribution in [0.25, 0.3) is 10.8 Å². The highest BCUT2D eigenvalue weighted by Crippen LogP contribution is 2.11. The lowest BCUT2D eigenvalue weighted by atomic mass is 10.2. The van der Waals surface area contributed by atoms with Gasteiger partial charge in [0, 0.05) is 11.1 Å². The van der Waals surface area contributed by atoms with Crippen LogP contribution in [0.1, 0.15) is 30.1 Å². The summed E-state index contributed by atoms with van der Waals surface area (Å²) in [5.41, 5.74) is 0.615. The van der Waals surface area contributed by atoms with E-state index in [-0.39, 0.29) is 18.0 Å². The molecule has 144 valence electrons. The monoisotopic (exact) mass is 379 g/mol. The van der Waals surface area contributed by atoms with Gasteiger partial charge in [0.1, 0.15) is 6.54 Å². The average Bonchev–Trinajstić information content (AvgIpc) is 2.71. The summed E-state index contributed by atoms with van der Waals surface area (Å²) in [6.45, 7) is 2.21. The topological polar surface area (TPSA) is 90.3 Å². The predicted octanol–water partition coefficient (Wildman–Crippen LogP) is 2.99. The largest absolute Gasteiger partial charge is 0.462 e. The molecule has 0 spiro atoms. The van der Waals surface area contributed by atoms with E-state index in [2.05, 4.69) is 10.4 Å². The fourth-order valence-corrected chi connectivity index (χ4v) is 2.66. The zero-order valence-electron chi connectivity index (χ0n) is 15.6. The van der Waals surface area contributed by atoms with E-state index in [4.69, 9.17) is 4.74 Å². The third-order valence-corrected chi connectivity index (χ3v) is 4.19. The molecule has 0 saturated carbocycles. The molecule has 7 heteroatoms. The van der Waals surface area contributed by atoms with Crippen LogP contribution in [0.15, 0.2) is 59.5 Å². The van der Waals surface area contributed by atoms with Crippen molar-refractivity contribution in [2.75, 3.05) is 11.9 Å². The highest BCUT2D eigenvalue weighted by molar-refractivity contribution is 5.93. The number of unbranched alkanes of at least 4 members (excludes halogenated alkanes) is 1. The predicted molar refractivity (Wildman–Crippen MR) is 106 cm³/mol. The number of esters is 1. The number of hydrogen-bond donors (Lipinski definition) is 1. The summed E-state index contributed by atoms with van der Waals surface area (Å²) in [6.07, 6.45) is 3.33. The summed E-state index contributed by atoms with van der Waals surface area (Å²) in [7, 11) is 0. The van der Waals surface area contributed by atoms with Gasteiger partial charge in [0.2, 0.25) is 5.91 Å². The molecule has 1 aromatic heterocycles. The molecule has 0 aliphatic rings. The first-order valence-electron chi connectivity index (χ1n) is 9.10. The van der Waals surface area contributed by atoms with E-state index < -0.39 is 5.97 Å². The summed E-state index contributed by atoms with van der Waals surface area (Å²) in [5.74, 6) is -0.776. The highest BCUT2D eigenvalue weighted by Gasteiger charge is 2.10. The molecule has 0 saturated heterocycles. The van der Waals surface area contributed by atoms with Crippen molar-refractivity contribution in [2.24, 2.45) is 0 Å². The summed E-state index contributed by atoms with van der Waals surface area (Å²) in [6, 6.07) is 13.5. The normalized spacial score (nSPS) is 10.6. The van der Waals surface area contributed by atoms with E-state index in [1.54, 1.807) is 48.7 Å².